The van der Waals surface area contributed by atoms with Crippen LogP contribution in [0.5, 0.6) is 0 Å². The molecule has 0 aliphatic carbocycles. The third kappa shape index (κ3) is 3.78. The molecule has 1 amide bonds. The molecule has 3 rings (SSSR count). The Morgan fingerprint density at radius 2 is 1.92 bits per heavy atom. The molecule has 0 saturated carbocycles. The Morgan fingerprint density at radius 1 is 1.19 bits per heavy atom. The van der Waals surface area contributed by atoms with E-state index in [1.54, 1.807) is 41.3 Å². The third-order valence-corrected chi connectivity index (χ3v) is 6.74. The van der Waals surface area contributed by atoms with Gasteiger partial charge in [-0.15, -0.1) is 0 Å². The summed E-state index contributed by atoms with van der Waals surface area (Å²) >= 11 is 3.28. The van der Waals surface area contributed by atoms with E-state index in [1.165, 1.54) is 0 Å². The maximum atomic E-state index is 12.7. The zero-order valence-electron chi connectivity index (χ0n) is 14.7. The SMILES string of the molecule is CC(C)C(=O)N1CCCc2ccc(NS(=O)(=O)c3ccccc3Br)cc21. The fourth-order valence-corrected chi connectivity index (χ4v) is 5.11. The van der Waals surface area contributed by atoms with E-state index in [2.05, 4.69) is 20.7 Å². The van der Waals surface area contributed by atoms with Gasteiger partial charge in [0.2, 0.25) is 5.91 Å². The summed E-state index contributed by atoms with van der Waals surface area (Å²) in [5, 5.41) is 0. The van der Waals surface area contributed by atoms with Crippen LogP contribution in [0.15, 0.2) is 51.8 Å². The van der Waals surface area contributed by atoms with Gasteiger partial charge < -0.3 is 4.90 Å². The van der Waals surface area contributed by atoms with Gasteiger partial charge in [0, 0.05) is 22.6 Å². The molecule has 0 atom stereocenters. The van der Waals surface area contributed by atoms with Gasteiger partial charge in [0.15, 0.2) is 0 Å². The number of benzene rings is 2. The molecule has 7 heteroatoms. The molecule has 26 heavy (non-hydrogen) atoms. The Bertz CT molecular complexity index is 942. The molecule has 0 radical (unpaired) electrons. The van der Waals surface area contributed by atoms with Crippen molar-refractivity contribution in [1.82, 2.24) is 0 Å². The first-order valence-corrected chi connectivity index (χ1v) is 10.8. The second-order valence-electron chi connectivity index (χ2n) is 6.63. The zero-order valence-corrected chi connectivity index (χ0v) is 17.1. The average molecular weight is 437 g/mol. The zero-order chi connectivity index (χ0) is 18.9. The van der Waals surface area contributed by atoms with E-state index in [0.717, 1.165) is 24.1 Å². The number of sulfonamides is 1. The summed E-state index contributed by atoms with van der Waals surface area (Å²) in [5.41, 5.74) is 2.30. The number of rotatable bonds is 4. The number of fused-ring (bicyclic) bond motifs is 1. The van der Waals surface area contributed by atoms with Gasteiger partial charge in [-0.05, 0) is 58.6 Å². The normalized spacial score (nSPS) is 14.2. The summed E-state index contributed by atoms with van der Waals surface area (Å²) in [5.74, 6) is -0.0571. The van der Waals surface area contributed by atoms with Crippen LogP contribution in [0.3, 0.4) is 0 Å². The first-order chi connectivity index (χ1) is 12.3. The van der Waals surface area contributed by atoms with Crippen molar-refractivity contribution < 1.29 is 13.2 Å². The Morgan fingerprint density at radius 3 is 2.62 bits per heavy atom. The van der Waals surface area contributed by atoms with E-state index in [1.807, 2.05) is 19.9 Å². The number of carbonyl (C=O) groups is 1. The van der Waals surface area contributed by atoms with Gasteiger partial charge in [0.05, 0.1) is 5.69 Å². The molecular weight excluding hydrogens is 416 g/mol. The van der Waals surface area contributed by atoms with Gasteiger partial charge in [-0.3, -0.25) is 9.52 Å². The lowest BCUT2D eigenvalue weighted by molar-refractivity contribution is -0.121. The topological polar surface area (TPSA) is 66.5 Å². The molecule has 2 aromatic rings. The Hall–Kier alpha value is -1.86. The van der Waals surface area contributed by atoms with Crippen molar-refractivity contribution in [3.05, 3.63) is 52.5 Å². The lowest BCUT2D eigenvalue weighted by Gasteiger charge is -2.31. The Balaban J connectivity index is 1.95. The number of halogens is 1. The van der Waals surface area contributed by atoms with Crippen LogP contribution in [-0.4, -0.2) is 20.9 Å². The molecular formula is C19H21BrN2O3S. The quantitative estimate of drug-likeness (QED) is 0.781. The second kappa shape index (κ2) is 7.40. The molecule has 0 bridgehead atoms. The molecule has 2 aromatic carbocycles. The van der Waals surface area contributed by atoms with Crippen molar-refractivity contribution in [1.29, 1.82) is 0 Å². The predicted octanol–water partition coefficient (Wildman–Crippen LogP) is 4.19. The highest BCUT2D eigenvalue weighted by atomic mass is 79.9. The lowest BCUT2D eigenvalue weighted by Crippen LogP contribution is -2.38. The molecule has 1 aliphatic heterocycles. The average Bonchev–Trinajstić information content (AvgIpc) is 2.60. The first-order valence-electron chi connectivity index (χ1n) is 8.51. The summed E-state index contributed by atoms with van der Waals surface area (Å²) in [6, 6.07) is 12.1. The van der Waals surface area contributed by atoms with Crippen molar-refractivity contribution >= 4 is 43.2 Å². The minimum absolute atomic E-state index is 0.0526. The second-order valence-corrected chi connectivity index (χ2v) is 9.13. The van der Waals surface area contributed by atoms with Crippen LogP contribution in [0.2, 0.25) is 0 Å². The van der Waals surface area contributed by atoms with Gasteiger partial charge in [-0.2, -0.15) is 0 Å². The monoisotopic (exact) mass is 436 g/mol. The van der Waals surface area contributed by atoms with E-state index in [9.17, 15) is 13.2 Å². The highest BCUT2D eigenvalue weighted by Crippen LogP contribution is 2.32. The van der Waals surface area contributed by atoms with E-state index in [4.69, 9.17) is 0 Å². The molecule has 0 spiro atoms. The van der Waals surface area contributed by atoms with Crippen molar-refractivity contribution in [3.8, 4) is 0 Å². The Kier molecular flexibility index (Phi) is 5.39. The highest BCUT2D eigenvalue weighted by Gasteiger charge is 2.25. The summed E-state index contributed by atoms with van der Waals surface area (Å²) in [6.45, 7) is 4.40. The summed E-state index contributed by atoms with van der Waals surface area (Å²) < 4.78 is 28.5. The largest absolute Gasteiger partial charge is 0.312 e. The molecule has 0 fully saturated rings. The van der Waals surface area contributed by atoms with Gasteiger partial charge in [0.1, 0.15) is 4.90 Å². The number of hydrogen-bond donors (Lipinski definition) is 1. The van der Waals surface area contributed by atoms with Gasteiger partial charge >= 0.3 is 0 Å². The number of aryl methyl sites for hydroxylation is 1. The van der Waals surface area contributed by atoms with Crippen LogP contribution in [0.4, 0.5) is 11.4 Å². The van der Waals surface area contributed by atoms with Crippen LogP contribution in [0.25, 0.3) is 0 Å². The number of hydrogen-bond acceptors (Lipinski definition) is 3. The molecule has 1 heterocycles. The molecule has 1 aliphatic rings. The molecule has 1 N–H and O–H groups in total. The van der Waals surface area contributed by atoms with Crippen molar-refractivity contribution in [3.63, 3.8) is 0 Å². The molecule has 0 saturated heterocycles. The predicted molar refractivity (Wildman–Crippen MR) is 107 cm³/mol. The number of amides is 1. The van der Waals surface area contributed by atoms with Gasteiger partial charge in [-0.1, -0.05) is 32.0 Å². The number of carbonyl (C=O) groups excluding carboxylic acids is 1. The third-order valence-electron chi connectivity index (χ3n) is 4.34. The molecule has 138 valence electrons. The summed E-state index contributed by atoms with van der Waals surface area (Å²) in [7, 11) is -3.72. The van der Waals surface area contributed by atoms with E-state index in [0.29, 0.717) is 16.7 Å². The van der Waals surface area contributed by atoms with E-state index < -0.39 is 10.0 Å². The number of anilines is 2. The standard InChI is InChI=1S/C19H21BrN2O3S/c1-13(2)19(23)22-11-5-6-14-9-10-15(12-17(14)22)21-26(24,25)18-8-4-3-7-16(18)20/h3-4,7-10,12-13,21H,5-6,11H2,1-2H3. The minimum Gasteiger partial charge on any atom is -0.312 e. The van der Waals surface area contributed by atoms with Crippen LogP contribution in [-0.2, 0) is 21.2 Å². The minimum atomic E-state index is -3.72. The van der Waals surface area contributed by atoms with Crippen molar-refractivity contribution in [2.24, 2.45) is 5.92 Å². The molecule has 0 unspecified atom stereocenters. The smallest absolute Gasteiger partial charge is 0.263 e. The summed E-state index contributed by atoms with van der Waals surface area (Å²) in [6.07, 6.45) is 1.79. The van der Waals surface area contributed by atoms with Gasteiger partial charge in [0.25, 0.3) is 10.0 Å². The first kappa shape index (κ1) is 18.9. The maximum absolute atomic E-state index is 12.7. The van der Waals surface area contributed by atoms with E-state index >= 15 is 0 Å². The van der Waals surface area contributed by atoms with Crippen molar-refractivity contribution in [2.45, 2.75) is 31.6 Å². The lowest BCUT2D eigenvalue weighted by atomic mass is 9.99. The number of nitrogens with one attached hydrogen (secondary N) is 1. The fourth-order valence-electron chi connectivity index (χ4n) is 3.05. The van der Waals surface area contributed by atoms with Crippen LogP contribution in [0, 0.1) is 5.92 Å². The van der Waals surface area contributed by atoms with Crippen molar-refractivity contribution in [2.75, 3.05) is 16.2 Å². The highest BCUT2D eigenvalue weighted by molar-refractivity contribution is 9.10. The van der Waals surface area contributed by atoms with Crippen LogP contribution < -0.4 is 9.62 Å². The Labute approximate surface area is 162 Å². The van der Waals surface area contributed by atoms with Gasteiger partial charge in [-0.25, -0.2) is 8.42 Å². The molecule has 0 aromatic heterocycles. The maximum Gasteiger partial charge on any atom is 0.263 e. The van der Waals surface area contributed by atoms with E-state index in [-0.39, 0.29) is 16.7 Å². The summed E-state index contributed by atoms with van der Waals surface area (Å²) in [4.78, 5) is 14.4. The van der Waals surface area contributed by atoms with Crippen LogP contribution in [0.1, 0.15) is 25.8 Å². The fraction of sp³-hybridized carbons (Fsp3) is 0.316. The molecule has 5 nitrogen and oxygen atoms in total. The van der Waals surface area contributed by atoms with Crippen LogP contribution >= 0.6 is 15.9 Å². The number of nitrogens with zero attached hydrogens (tertiary/aromatic N) is 1.